The number of anilines is 1. The molecule has 0 unspecified atom stereocenters. The highest BCUT2D eigenvalue weighted by atomic mass is 16.5. The molecule has 2 aromatic rings. The summed E-state index contributed by atoms with van der Waals surface area (Å²) in [6.45, 7) is 3.26. The molecular weight excluding hydrogens is 182 g/mol. The quantitative estimate of drug-likeness (QED) is 0.773. The number of hydrogen-bond donors (Lipinski definition) is 1. The van der Waals surface area contributed by atoms with Crippen LogP contribution in [0.1, 0.15) is 5.82 Å². The fourth-order valence-corrected chi connectivity index (χ4v) is 1.08. The van der Waals surface area contributed by atoms with E-state index in [2.05, 4.69) is 20.6 Å². The minimum atomic E-state index is 0.453. The van der Waals surface area contributed by atoms with Gasteiger partial charge in [0.2, 0.25) is 0 Å². The van der Waals surface area contributed by atoms with Crippen LogP contribution in [0, 0.1) is 6.92 Å². The second-order valence-electron chi connectivity index (χ2n) is 2.84. The van der Waals surface area contributed by atoms with E-state index in [1.807, 2.05) is 16.9 Å². The number of aryl methyl sites for hydroxylation is 1. The molecule has 74 valence electrons. The highest BCUT2D eigenvalue weighted by Gasteiger charge is 1.99. The molecule has 0 atom stereocenters. The van der Waals surface area contributed by atoms with E-state index < -0.39 is 0 Å². The first-order chi connectivity index (χ1) is 6.84. The smallest absolute Gasteiger partial charge is 0.321 e. The van der Waals surface area contributed by atoms with Crippen molar-refractivity contribution in [3.8, 4) is 0 Å². The molecule has 0 aliphatic rings. The predicted molar refractivity (Wildman–Crippen MR) is 49.8 cm³/mol. The molecule has 0 amide bonds. The maximum Gasteiger partial charge on any atom is 0.321 e. The Bertz CT molecular complexity index is 380. The molecule has 0 saturated heterocycles. The summed E-state index contributed by atoms with van der Waals surface area (Å²) in [5.74, 6) is 0.631. The molecular formula is C8H11N5O. The fraction of sp³-hybridized carbons (Fsp3) is 0.375. The molecule has 2 heterocycles. The molecule has 0 aliphatic heterocycles. The average molecular weight is 193 g/mol. The average Bonchev–Trinajstić information content (AvgIpc) is 2.77. The van der Waals surface area contributed by atoms with Gasteiger partial charge in [-0.1, -0.05) is 5.16 Å². The number of rotatable bonds is 4. The van der Waals surface area contributed by atoms with Gasteiger partial charge in [-0.05, 0) is 13.0 Å². The molecule has 6 heteroatoms. The zero-order valence-electron chi connectivity index (χ0n) is 7.84. The van der Waals surface area contributed by atoms with Crippen molar-refractivity contribution >= 4 is 6.01 Å². The van der Waals surface area contributed by atoms with Crippen LogP contribution in [0.4, 0.5) is 6.01 Å². The van der Waals surface area contributed by atoms with Gasteiger partial charge in [0.1, 0.15) is 0 Å². The molecule has 6 nitrogen and oxygen atoms in total. The maximum atomic E-state index is 4.88. The molecule has 2 rings (SSSR count). The number of nitrogens with zero attached hydrogens (tertiary/aromatic N) is 4. The van der Waals surface area contributed by atoms with Gasteiger partial charge < -0.3 is 9.84 Å². The van der Waals surface area contributed by atoms with Gasteiger partial charge in [-0.3, -0.25) is 4.68 Å². The molecule has 0 aliphatic carbocycles. The Hall–Kier alpha value is -1.85. The Kier molecular flexibility index (Phi) is 2.44. The van der Waals surface area contributed by atoms with Gasteiger partial charge in [0.15, 0.2) is 5.82 Å². The second-order valence-corrected chi connectivity index (χ2v) is 2.84. The predicted octanol–water partition coefficient (Wildman–Crippen LogP) is 0.687. The van der Waals surface area contributed by atoms with Gasteiger partial charge in [-0.25, -0.2) is 0 Å². The summed E-state index contributed by atoms with van der Waals surface area (Å²) in [6.07, 6.45) is 3.65. The van der Waals surface area contributed by atoms with E-state index in [1.165, 1.54) is 0 Å². The molecule has 2 aromatic heterocycles. The van der Waals surface area contributed by atoms with Gasteiger partial charge >= 0.3 is 6.01 Å². The third-order valence-electron chi connectivity index (χ3n) is 1.70. The van der Waals surface area contributed by atoms with Gasteiger partial charge in [-0.15, -0.1) is 0 Å². The lowest BCUT2D eigenvalue weighted by atomic mass is 10.6. The van der Waals surface area contributed by atoms with E-state index in [-0.39, 0.29) is 0 Å². The van der Waals surface area contributed by atoms with E-state index in [0.717, 1.165) is 6.54 Å². The number of aromatic nitrogens is 4. The van der Waals surface area contributed by atoms with Crippen LogP contribution in [0.3, 0.4) is 0 Å². The normalized spacial score (nSPS) is 10.4. The summed E-state index contributed by atoms with van der Waals surface area (Å²) in [4.78, 5) is 4.01. The van der Waals surface area contributed by atoms with Crippen LogP contribution in [-0.2, 0) is 6.54 Å². The first-order valence-electron chi connectivity index (χ1n) is 4.36. The van der Waals surface area contributed by atoms with Crippen LogP contribution in [0.2, 0.25) is 0 Å². The van der Waals surface area contributed by atoms with Gasteiger partial charge in [0.05, 0.1) is 6.54 Å². The molecule has 0 saturated carbocycles. The van der Waals surface area contributed by atoms with E-state index in [1.54, 1.807) is 13.1 Å². The van der Waals surface area contributed by atoms with Gasteiger partial charge in [0, 0.05) is 18.9 Å². The molecule has 0 radical (unpaired) electrons. The zero-order valence-corrected chi connectivity index (χ0v) is 7.84. The number of nitrogens with one attached hydrogen (secondary N) is 1. The van der Waals surface area contributed by atoms with E-state index >= 15 is 0 Å². The summed E-state index contributed by atoms with van der Waals surface area (Å²) in [7, 11) is 0. The molecule has 0 bridgehead atoms. The van der Waals surface area contributed by atoms with Crippen molar-refractivity contribution < 1.29 is 4.52 Å². The second kappa shape index (κ2) is 3.91. The van der Waals surface area contributed by atoms with E-state index in [0.29, 0.717) is 18.4 Å². The molecule has 1 N–H and O–H groups in total. The standard InChI is InChI=1S/C8H11N5O/c1-7-11-8(14-12-7)9-4-6-13-5-2-3-10-13/h2-3,5H,4,6H2,1H3,(H,9,11,12). The molecule has 0 spiro atoms. The summed E-state index contributed by atoms with van der Waals surface area (Å²) in [5.41, 5.74) is 0. The number of hydrogen-bond acceptors (Lipinski definition) is 5. The Morgan fingerprint density at radius 3 is 3.14 bits per heavy atom. The van der Waals surface area contributed by atoms with Crippen LogP contribution in [0.5, 0.6) is 0 Å². The highest BCUT2D eigenvalue weighted by molar-refractivity contribution is 5.17. The van der Waals surface area contributed by atoms with Gasteiger partial charge in [0.25, 0.3) is 0 Å². The highest BCUT2D eigenvalue weighted by Crippen LogP contribution is 2.00. The fourth-order valence-electron chi connectivity index (χ4n) is 1.08. The Balaban J connectivity index is 1.78. The van der Waals surface area contributed by atoms with E-state index in [4.69, 9.17) is 4.52 Å². The lowest BCUT2D eigenvalue weighted by molar-refractivity contribution is 0.424. The van der Waals surface area contributed by atoms with Crippen molar-refractivity contribution in [3.63, 3.8) is 0 Å². The van der Waals surface area contributed by atoms with Crippen LogP contribution >= 0.6 is 0 Å². The topological polar surface area (TPSA) is 68.8 Å². The van der Waals surface area contributed by atoms with Crippen LogP contribution < -0.4 is 5.32 Å². The SMILES string of the molecule is Cc1noc(NCCn2cccn2)n1. The van der Waals surface area contributed by atoms with Crippen molar-refractivity contribution in [1.82, 2.24) is 19.9 Å². The van der Waals surface area contributed by atoms with Crippen molar-refractivity contribution in [3.05, 3.63) is 24.3 Å². The first-order valence-corrected chi connectivity index (χ1v) is 4.36. The minimum absolute atomic E-state index is 0.453. The van der Waals surface area contributed by atoms with Crippen molar-refractivity contribution in [2.75, 3.05) is 11.9 Å². The van der Waals surface area contributed by atoms with Crippen LogP contribution in [0.25, 0.3) is 0 Å². The van der Waals surface area contributed by atoms with Gasteiger partial charge in [-0.2, -0.15) is 10.1 Å². The first kappa shape index (κ1) is 8.74. The Labute approximate surface area is 80.9 Å². The monoisotopic (exact) mass is 193 g/mol. The summed E-state index contributed by atoms with van der Waals surface area (Å²) < 4.78 is 6.71. The lowest BCUT2D eigenvalue weighted by Crippen LogP contribution is -2.10. The summed E-state index contributed by atoms with van der Waals surface area (Å²) >= 11 is 0. The largest absolute Gasteiger partial charge is 0.336 e. The van der Waals surface area contributed by atoms with Crippen LogP contribution in [0.15, 0.2) is 23.0 Å². The zero-order chi connectivity index (χ0) is 9.80. The van der Waals surface area contributed by atoms with E-state index in [9.17, 15) is 0 Å². The van der Waals surface area contributed by atoms with Crippen molar-refractivity contribution in [2.24, 2.45) is 0 Å². The molecule has 14 heavy (non-hydrogen) atoms. The Morgan fingerprint density at radius 2 is 2.50 bits per heavy atom. The lowest BCUT2D eigenvalue weighted by Gasteiger charge is -2.00. The third kappa shape index (κ3) is 2.09. The Morgan fingerprint density at radius 1 is 1.57 bits per heavy atom. The third-order valence-corrected chi connectivity index (χ3v) is 1.70. The summed E-state index contributed by atoms with van der Waals surface area (Å²) in [5, 5.41) is 10.7. The minimum Gasteiger partial charge on any atom is -0.336 e. The van der Waals surface area contributed by atoms with Crippen molar-refractivity contribution in [1.29, 1.82) is 0 Å². The molecule has 0 aromatic carbocycles. The maximum absolute atomic E-state index is 4.88. The molecule has 0 fully saturated rings. The van der Waals surface area contributed by atoms with Crippen LogP contribution in [-0.4, -0.2) is 26.5 Å². The summed E-state index contributed by atoms with van der Waals surface area (Å²) in [6, 6.07) is 2.34. The van der Waals surface area contributed by atoms with Crippen molar-refractivity contribution in [2.45, 2.75) is 13.5 Å².